The first-order chi connectivity index (χ1) is 8.24. The van der Waals surface area contributed by atoms with Crippen molar-refractivity contribution in [1.82, 2.24) is 5.32 Å². The van der Waals surface area contributed by atoms with Gasteiger partial charge in [0.1, 0.15) is 5.75 Å². The number of benzene rings is 1. The maximum Gasteiger partial charge on any atom is 0.122 e. The van der Waals surface area contributed by atoms with Crippen molar-refractivity contribution in [3.8, 4) is 5.75 Å². The Morgan fingerprint density at radius 3 is 2.72 bits per heavy atom. The van der Waals surface area contributed by atoms with Gasteiger partial charge in [-0.3, -0.25) is 0 Å². The molecule has 3 heteroatoms. The molecule has 1 N–H and O–H groups in total. The van der Waals surface area contributed by atoms with Crippen LogP contribution < -0.4 is 10.1 Å². The fourth-order valence-corrected chi connectivity index (χ4v) is 1.61. The smallest absolute Gasteiger partial charge is 0.122 e. The zero-order valence-electron chi connectivity index (χ0n) is 11.3. The summed E-state index contributed by atoms with van der Waals surface area (Å²) in [5, 5.41) is 3.38. The minimum absolute atomic E-state index is 0. The molecule has 102 valence electrons. The number of hydrogen-bond acceptors (Lipinski definition) is 2. The Morgan fingerprint density at radius 1 is 1.33 bits per heavy atom. The molecule has 2 nitrogen and oxygen atoms in total. The van der Waals surface area contributed by atoms with Crippen LogP contribution in [0.4, 0.5) is 0 Å². The first-order valence-corrected chi connectivity index (χ1v) is 6.29. The van der Waals surface area contributed by atoms with E-state index in [9.17, 15) is 0 Å². The Morgan fingerprint density at radius 2 is 2.06 bits per heavy atom. The van der Waals surface area contributed by atoms with Crippen molar-refractivity contribution in [2.45, 2.75) is 32.7 Å². The van der Waals surface area contributed by atoms with E-state index in [0.29, 0.717) is 6.04 Å². The number of para-hydroxylation sites is 1. The van der Waals surface area contributed by atoms with Crippen LogP contribution in [0.25, 0.3) is 0 Å². The lowest BCUT2D eigenvalue weighted by Gasteiger charge is -2.11. The Bertz CT molecular complexity index is 339. The highest BCUT2D eigenvalue weighted by atomic mass is 79.9. The summed E-state index contributed by atoms with van der Waals surface area (Å²) in [7, 11) is 0. The van der Waals surface area contributed by atoms with Crippen molar-refractivity contribution in [1.29, 1.82) is 0 Å². The number of ether oxygens (including phenoxy) is 1. The number of rotatable bonds is 8. The Balaban J connectivity index is 0.00000289. The van der Waals surface area contributed by atoms with E-state index in [1.807, 2.05) is 24.3 Å². The lowest BCUT2D eigenvalue weighted by Crippen LogP contribution is -2.24. The summed E-state index contributed by atoms with van der Waals surface area (Å²) in [6.45, 7) is 9.83. The van der Waals surface area contributed by atoms with Gasteiger partial charge in [0.05, 0.1) is 6.61 Å². The predicted molar refractivity (Wildman–Crippen MR) is 83.9 cm³/mol. The zero-order valence-corrected chi connectivity index (χ0v) is 13.0. The lowest BCUT2D eigenvalue weighted by molar-refractivity contribution is 0.304. The van der Waals surface area contributed by atoms with Crippen LogP contribution in [0.1, 0.15) is 25.8 Å². The second-order valence-electron chi connectivity index (χ2n) is 4.41. The molecule has 0 saturated carbocycles. The van der Waals surface area contributed by atoms with E-state index in [-0.39, 0.29) is 17.0 Å². The SMILES string of the molecule is Br.C=CCc1ccccc1OCCCNC(C)C. The van der Waals surface area contributed by atoms with Gasteiger partial charge in [-0.15, -0.1) is 23.6 Å². The largest absolute Gasteiger partial charge is 0.493 e. The molecule has 0 bridgehead atoms. The minimum Gasteiger partial charge on any atom is -0.493 e. The number of halogens is 1. The molecule has 0 heterocycles. The van der Waals surface area contributed by atoms with Gasteiger partial charge in [-0.2, -0.15) is 0 Å². The highest BCUT2D eigenvalue weighted by molar-refractivity contribution is 8.93. The maximum absolute atomic E-state index is 5.78. The Kier molecular flexibility index (Phi) is 9.70. The molecule has 0 fully saturated rings. The molecule has 0 amide bonds. The molecule has 18 heavy (non-hydrogen) atoms. The highest BCUT2D eigenvalue weighted by Crippen LogP contribution is 2.18. The highest BCUT2D eigenvalue weighted by Gasteiger charge is 2.00. The average molecular weight is 314 g/mol. The van der Waals surface area contributed by atoms with Crippen molar-refractivity contribution in [3.05, 3.63) is 42.5 Å². The molecule has 1 aromatic rings. The number of nitrogens with one attached hydrogen (secondary N) is 1. The third kappa shape index (κ3) is 6.82. The van der Waals surface area contributed by atoms with Gasteiger partial charge >= 0.3 is 0 Å². The van der Waals surface area contributed by atoms with Gasteiger partial charge in [0.2, 0.25) is 0 Å². The van der Waals surface area contributed by atoms with Crippen molar-refractivity contribution < 1.29 is 4.74 Å². The van der Waals surface area contributed by atoms with Gasteiger partial charge in [-0.1, -0.05) is 38.1 Å². The molecular weight excluding hydrogens is 290 g/mol. The molecule has 0 aromatic heterocycles. The average Bonchev–Trinajstić information content (AvgIpc) is 2.31. The van der Waals surface area contributed by atoms with Crippen LogP contribution in [0.2, 0.25) is 0 Å². The molecule has 0 unspecified atom stereocenters. The van der Waals surface area contributed by atoms with Crippen LogP contribution in [0, 0.1) is 0 Å². The van der Waals surface area contributed by atoms with E-state index in [4.69, 9.17) is 4.74 Å². The second-order valence-corrected chi connectivity index (χ2v) is 4.41. The Hall–Kier alpha value is -0.800. The van der Waals surface area contributed by atoms with E-state index in [1.165, 1.54) is 5.56 Å². The molecule has 0 aliphatic rings. The molecular formula is C15H24BrNO. The predicted octanol–water partition coefficient (Wildman–Crippen LogP) is 3.76. The van der Waals surface area contributed by atoms with Gasteiger partial charge in [-0.05, 0) is 31.0 Å². The second kappa shape index (κ2) is 10.2. The summed E-state index contributed by atoms with van der Waals surface area (Å²) in [6.07, 6.45) is 3.80. The van der Waals surface area contributed by atoms with Crippen LogP contribution in [0.15, 0.2) is 36.9 Å². The van der Waals surface area contributed by atoms with E-state index < -0.39 is 0 Å². The molecule has 1 rings (SSSR count). The fourth-order valence-electron chi connectivity index (χ4n) is 1.61. The minimum atomic E-state index is 0. The van der Waals surface area contributed by atoms with E-state index >= 15 is 0 Å². The zero-order chi connectivity index (χ0) is 12.5. The molecule has 0 spiro atoms. The van der Waals surface area contributed by atoms with Crippen LogP contribution >= 0.6 is 17.0 Å². The van der Waals surface area contributed by atoms with Crippen molar-refractivity contribution in [2.75, 3.05) is 13.2 Å². The van der Waals surface area contributed by atoms with Crippen molar-refractivity contribution in [2.24, 2.45) is 0 Å². The van der Waals surface area contributed by atoms with Gasteiger partial charge in [0.15, 0.2) is 0 Å². The number of hydrogen-bond donors (Lipinski definition) is 1. The quantitative estimate of drug-likeness (QED) is 0.583. The maximum atomic E-state index is 5.78. The van der Waals surface area contributed by atoms with Crippen LogP contribution in [0.3, 0.4) is 0 Å². The van der Waals surface area contributed by atoms with E-state index in [1.54, 1.807) is 0 Å². The summed E-state index contributed by atoms with van der Waals surface area (Å²) in [4.78, 5) is 0. The standard InChI is InChI=1S/C15H23NO.BrH/c1-4-8-14-9-5-6-10-15(14)17-12-7-11-16-13(2)3;/h4-6,9-10,13,16H,1,7-8,11-12H2,2-3H3;1H. The first kappa shape index (κ1) is 17.2. The third-order valence-corrected chi connectivity index (χ3v) is 2.47. The van der Waals surface area contributed by atoms with Gasteiger partial charge < -0.3 is 10.1 Å². The van der Waals surface area contributed by atoms with Gasteiger partial charge in [-0.25, -0.2) is 0 Å². The third-order valence-electron chi connectivity index (χ3n) is 2.47. The number of allylic oxidation sites excluding steroid dienone is 1. The summed E-state index contributed by atoms with van der Waals surface area (Å²) < 4.78 is 5.78. The van der Waals surface area contributed by atoms with Crippen LogP contribution in [-0.2, 0) is 6.42 Å². The van der Waals surface area contributed by atoms with Gasteiger partial charge in [0, 0.05) is 6.04 Å². The first-order valence-electron chi connectivity index (χ1n) is 6.29. The molecule has 0 aliphatic heterocycles. The van der Waals surface area contributed by atoms with E-state index in [0.717, 1.165) is 31.7 Å². The van der Waals surface area contributed by atoms with Crippen molar-refractivity contribution >= 4 is 17.0 Å². The lowest BCUT2D eigenvalue weighted by atomic mass is 10.1. The summed E-state index contributed by atoms with van der Waals surface area (Å²) in [5.74, 6) is 0.983. The fraction of sp³-hybridized carbons (Fsp3) is 0.467. The van der Waals surface area contributed by atoms with E-state index in [2.05, 4.69) is 31.8 Å². The molecule has 0 atom stereocenters. The van der Waals surface area contributed by atoms with Crippen molar-refractivity contribution in [3.63, 3.8) is 0 Å². The van der Waals surface area contributed by atoms with Crippen LogP contribution in [0.5, 0.6) is 5.75 Å². The Labute approximate surface area is 121 Å². The topological polar surface area (TPSA) is 21.3 Å². The molecule has 0 radical (unpaired) electrons. The molecule has 0 aliphatic carbocycles. The molecule has 0 saturated heterocycles. The van der Waals surface area contributed by atoms with Gasteiger partial charge in [0.25, 0.3) is 0 Å². The molecule has 1 aromatic carbocycles. The summed E-state index contributed by atoms with van der Waals surface area (Å²) >= 11 is 0. The summed E-state index contributed by atoms with van der Waals surface area (Å²) in [5.41, 5.74) is 1.21. The monoisotopic (exact) mass is 313 g/mol. The van der Waals surface area contributed by atoms with Crippen LogP contribution in [-0.4, -0.2) is 19.2 Å². The normalized spacial score (nSPS) is 9.94. The summed E-state index contributed by atoms with van der Waals surface area (Å²) in [6, 6.07) is 8.70.